The number of azo groups is 1. The standard InChI is InChI=1S/C14H15N4O11P3/c19-18(20)12-7-5-11(6-8-12)16-17-14-4-2-1-3-13(14)15-9-10-27-32(25,26)29-30(21)28-31(22,23)24/h1-8,15H,9-10H2,(H2-,22,23,24,25,26)/p+1. The number of phosphoric ester groups is 1. The van der Waals surface area contributed by atoms with Crippen LogP contribution in [0.2, 0.25) is 0 Å². The van der Waals surface area contributed by atoms with Gasteiger partial charge in [-0.25, -0.2) is 9.13 Å². The van der Waals surface area contributed by atoms with Crippen LogP contribution in [0.1, 0.15) is 0 Å². The van der Waals surface area contributed by atoms with E-state index in [1.807, 2.05) is 0 Å². The van der Waals surface area contributed by atoms with Gasteiger partial charge >= 0.3 is 23.9 Å². The van der Waals surface area contributed by atoms with Crippen LogP contribution in [-0.4, -0.2) is 32.8 Å². The van der Waals surface area contributed by atoms with E-state index in [2.05, 4.69) is 28.7 Å². The molecule has 0 aliphatic rings. The van der Waals surface area contributed by atoms with Crippen LogP contribution in [0.15, 0.2) is 58.8 Å². The molecule has 0 heterocycles. The summed E-state index contributed by atoms with van der Waals surface area (Å²) in [6.45, 7) is -0.477. The SMILES string of the molecule is O=[N+]([O-])c1ccc(N=Nc2ccccc2NCCOP(=O)(O)O[P+](=O)OP(=O)(O)O)cc1. The van der Waals surface area contributed by atoms with Crippen LogP contribution in [0, 0.1) is 10.1 Å². The number of rotatable bonds is 12. The van der Waals surface area contributed by atoms with Crippen molar-refractivity contribution in [3.05, 3.63) is 58.6 Å². The van der Waals surface area contributed by atoms with Crippen LogP contribution in [0.5, 0.6) is 0 Å². The number of nitrogens with one attached hydrogen (secondary N) is 1. The lowest BCUT2D eigenvalue weighted by molar-refractivity contribution is -0.384. The highest BCUT2D eigenvalue weighted by Gasteiger charge is 2.43. The van der Waals surface area contributed by atoms with Crippen LogP contribution in [0.25, 0.3) is 0 Å². The lowest BCUT2D eigenvalue weighted by Gasteiger charge is -2.09. The molecule has 0 saturated heterocycles. The van der Waals surface area contributed by atoms with Crippen LogP contribution in [-0.2, 0) is 26.8 Å². The van der Waals surface area contributed by atoms with Gasteiger partial charge in [-0.2, -0.15) is 5.11 Å². The second-order valence-electron chi connectivity index (χ2n) is 5.60. The highest BCUT2D eigenvalue weighted by Crippen LogP contribution is 2.57. The molecule has 2 aromatic rings. The summed E-state index contributed by atoms with van der Waals surface area (Å²) < 4.78 is 45.4. The van der Waals surface area contributed by atoms with Crippen molar-refractivity contribution in [2.24, 2.45) is 10.2 Å². The quantitative estimate of drug-likeness (QED) is 0.103. The smallest absolute Gasteiger partial charge is 0.381 e. The van der Waals surface area contributed by atoms with Crippen molar-refractivity contribution in [2.75, 3.05) is 18.5 Å². The Kier molecular flexibility index (Phi) is 9.22. The molecule has 2 rings (SSSR count). The maximum Gasteiger partial charge on any atom is 0.719 e. The monoisotopic (exact) mass is 509 g/mol. The van der Waals surface area contributed by atoms with Crippen molar-refractivity contribution >= 4 is 46.6 Å². The van der Waals surface area contributed by atoms with Gasteiger partial charge in [-0.05, 0) is 32.9 Å². The molecule has 0 aliphatic heterocycles. The fourth-order valence-electron chi connectivity index (χ4n) is 2.02. The average Bonchev–Trinajstić information content (AvgIpc) is 2.68. The van der Waals surface area contributed by atoms with Gasteiger partial charge in [0, 0.05) is 23.2 Å². The molecule has 0 aliphatic carbocycles. The van der Waals surface area contributed by atoms with E-state index < -0.39 is 35.4 Å². The molecule has 0 aromatic heterocycles. The van der Waals surface area contributed by atoms with Crippen molar-refractivity contribution in [3.63, 3.8) is 0 Å². The van der Waals surface area contributed by atoms with Crippen molar-refractivity contribution in [3.8, 4) is 0 Å². The second kappa shape index (κ2) is 11.4. The molecule has 32 heavy (non-hydrogen) atoms. The highest BCUT2D eigenvalue weighted by atomic mass is 31.3. The van der Waals surface area contributed by atoms with Crippen LogP contribution in [0.3, 0.4) is 0 Å². The third-order valence-corrected chi connectivity index (χ3v) is 6.50. The van der Waals surface area contributed by atoms with Crippen molar-refractivity contribution < 1.29 is 46.4 Å². The first kappa shape index (κ1) is 25.8. The van der Waals surface area contributed by atoms with E-state index in [1.165, 1.54) is 24.3 Å². The molecule has 2 unspecified atom stereocenters. The van der Waals surface area contributed by atoms with Gasteiger partial charge in [-0.1, -0.05) is 12.1 Å². The van der Waals surface area contributed by atoms with Crippen molar-refractivity contribution in [1.82, 2.24) is 0 Å². The fraction of sp³-hybridized carbons (Fsp3) is 0.143. The Balaban J connectivity index is 1.90. The van der Waals surface area contributed by atoms with Crippen molar-refractivity contribution in [2.45, 2.75) is 0 Å². The van der Waals surface area contributed by atoms with E-state index in [9.17, 15) is 28.7 Å². The molecule has 0 spiro atoms. The molecule has 0 bridgehead atoms. The van der Waals surface area contributed by atoms with Gasteiger partial charge in [0.25, 0.3) is 5.69 Å². The molecule has 0 saturated carbocycles. The number of hydrogen-bond donors (Lipinski definition) is 4. The number of anilines is 1. The maximum absolute atomic E-state index is 11.6. The number of phosphoric acid groups is 2. The van der Waals surface area contributed by atoms with E-state index >= 15 is 0 Å². The Morgan fingerprint density at radius 2 is 1.69 bits per heavy atom. The summed E-state index contributed by atoms with van der Waals surface area (Å²) >= 11 is 0. The molecule has 172 valence electrons. The Bertz CT molecular complexity index is 1090. The third-order valence-electron chi connectivity index (χ3n) is 3.25. The van der Waals surface area contributed by atoms with E-state index in [0.717, 1.165) is 0 Å². The van der Waals surface area contributed by atoms with Gasteiger partial charge in [-0.15, -0.1) is 5.11 Å². The summed E-state index contributed by atoms with van der Waals surface area (Å²) in [5.41, 5.74) is 1.13. The minimum absolute atomic E-state index is 0.0475. The predicted molar refractivity (Wildman–Crippen MR) is 110 cm³/mol. The number of para-hydroxylation sites is 1. The zero-order valence-electron chi connectivity index (χ0n) is 15.8. The fourth-order valence-corrected chi connectivity index (χ4v) is 4.29. The van der Waals surface area contributed by atoms with E-state index in [-0.39, 0.29) is 12.2 Å². The Morgan fingerprint density at radius 1 is 1.03 bits per heavy atom. The lowest BCUT2D eigenvalue weighted by Crippen LogP contribution is -2.08. The largest absolute Gasteiger partial charge is 0.719 e. The number of benzene rings is 2. The van der Waals surface area contributed by atoms with E-state index in [0.29, 0.717) is 17.1 Å². The number of nitrogens with zero attached hydrogens (tertiary/aromatic N) is 3. The Hall–Kier alpha value is -2.44. The molecular formula is C14H16N4O11P3+. The molecule has 0 radical (unpaired) electrons. The third kappa shape index (κ3) is 9.37. The number of nitro groups is 1. The summed E-state index contributed by atoms with van der Waals surface area (Å²) in [6, 6.07) is 12.0. The molecule has 4 N–H and O–H groups in total. The minimum atomic E-state index is -5.18. The predicted octanol–water partition coefficient (Wildman–Crippen LogP) is 4.32. The lowest BCUT2D eigenvalue weighted by atomic mass is 10.2. The summed E-state index contributed by atoms with van der Waals surface area (Å²) in [5, 5.41) is 21.6. The summed E-state index contributed by atoms with van der Waals surface area (Å²) in [6.07, 6.45) is 0. The Labute approximate surface area is 181 Å². The normalized spacial score (nSPS) is 14.2. The maximum atomic E-state index is 11.6. The highest BCUT2D eigenvalue weighted by molar-refractivity contribution is 7.61. The molecule has 0 fully saturated rings. The van der Waals surface area contributed by atoms with Crippen LogP contribution < -0.4 is 5.32 Å². The molecule has 0 amide bonds. The average molecular weight is 509 g/mol. The van der Waals surface area contributed by atoms with E-state index in [4.69, 9.17) is 9.79 Å². The topological polar surface area (TPSA) is 219 Å². The van der Waals surface area contributed by atoms with Gasteiger partial charge in [0.1, 0.15) is 5.69 Å². The van der Waals surface area contributed by atoms with Crippen LogP contribution >= 0.6 is 23.9 Å². The minimum Gasteiger partial charge on any atom is -0.381 e. The second-order valence-corrected chi connectivity index (χ2v) is 9.53. The first-order valence-corrected chi connectivity index (χ1v) is 12.5. The van der Waals surface area contributed by atoms with Crippen molar-refractivity contribution in [1.29, 1.82) is 0 Å². The summed E-state index contributed by atoms with van der Waals surface area (Å²) in [4.78, 5) is 36.4. The van der Waals surface area contributed by atoms with Gasteiger partial charge in [0.05, 0.1) is 22.9 Å². The molecule has 15 nitrogen and oxygen atoms in total. The van der Waals surface area contributed by atoms with Gasteiger partial charge in [0.2, 0.25) is 0 Å². The van der Waals surface area contributed by atoms with Gasteiger partial charge < -0.3 is 15.1 Å². The Morgan fingerprint density at radius 3 is 2.31 bits per heavy atom. The zero-order chi connectivity index (χ0) is 23.8. The number of hydrogen-bond acceptors (Lipinski definition) is 11. The van der Waals surface area contributed by atoms with Crippen LogP contribution in [0.4, 0.5) is 22.7 Å². The number of nitro benzene ring substituents is 1. The van der Waals surface area contributed by atoms with Gasteiger partial charge in [0.15, 0.2) is 0 Å². The zero-order valence-corrected chi connectivity index (χ0v) is 18.5. The first-order valence-electron chi connectivity index (χ1n) is 8.34. The summed E-state index contributed by atoms with van der Waals surface area (Å²) in [7, 11) is -13.7. The summed E-state index contributed by atoms with van der Waals surface area (Å²) in [5.74, 6) is 0. The molecule has 2 atom stereocenters. The molecular weight excluding hydrogens is 493 g/mol. The molecule has 18 heteroatoms. The van der Waals surface area contributed by atoms with E-state index in [1.54, 1.807) is 24.3 Å². The first-order chi connectivity index (χ1) is 15.0. The number of non-ortho nitro benzene ring substituents is 1. The molecule has 2 aromatic carbocycles. The van der Waals surface area contributed by atoms with Gasteiger partial charge in [-0.3, -0.25) is 19.5 Å².